The van der Waals surface area contributed by atoms with Gasteiger partial charge in [-0.3, -0.25) is 4.79 Å². The number of carbonyl (C=O) groups excluding carboxylic acids is 1. The highest BCUT2D eigenvalue weighted by Gasteiger charge is 2.05. The van der Waals surface area contributed by atoms with Gasteiger partial charge >= 0.3 is 0 Å². The van der Waals surface area contributed by atoms with Crippen molar-refractivity contribution in [3.63, 3.8) is 0 Å². The Morgan fingerprint density at radius 3 is 2.80 bits per heavy atom. The molecule has 0 aromatic heterocycles. The fourth-order valence-corrected chi connectivity index (χ4v) is 1.31. The zero-order valence-corrected chi connectivity index (χ0v) is 9.54. The van der Waals surface area contributed by atoms with Gasteiger partial charge in [0.1, 0.15) is 12.4 Å². The lowest BCUT2D eigenvalue weighted by Gasteiger charge is -2.06. The summed E-state index contributed by atoms with van der Waals surface area (Å²) < 4.78 is 5.38. The Kier molecular flexibility index (Phi) is 4.37. The van der Waals surface area contributed by atoms with E-state index in [0.29, 0.717) is 22.9 Å². The molecule has 0 aliphatic carbocycles. The molecule has 1 aromatic carbocycles. The molecule has 80 valence electrons. The van der Waals surface area contributed by atoms with Gasteiger partial charge in [0, 0.05) is 5.56 Å². The molecule has 1 aromatic rings. The van der Waals surface area contributed by atoms with E-state index in [1.165, 1.54) is 6.92 Å². The standard InChI is InChI=1S/C12H13ClO2/c1-3-4-7-15-12-6-5-10(9(2)14)8-11(12)13/h3-6,8H,7H2,1-2H3. The van der Waals surface area contributed by atoms with Gasteiger partial charge in [-0.1, -0.05) is 23.8 Å². The number of Topliss-reactive ketones (excluding diaryl/α,β-unsaturated/α-hetero) is 1. The zero-order chi connectivity index (χ0) is 11.3. The van der Waals surface area contributed by atoms with Gasteiger partial charge in [-0.25, -0.2) is 0 Å². The lowest BCUT2D eigenvalue weighted by molar-refractivity contribution is 0.101. The highest BCUT2D eigenvalue weighted by Crippen LogP contribution is 2.25. The van der Waals surface area contributed by atoms with Crippen LogP contribution in [0.25, 0.3) is 0 Å². The van der Waals surface area contributed by atoms with E-state index in [-0.39, 0.29) is 5.78 Å². The summed E-state index contributed by atoms with van der Waals surface area (Å²) in [7, 11) is 0. The van der Waals surface area contributed by atoms with E-state index in [1.54, 1.807) is 18.2 Å². The quantitative estimate of drug-likeness (QED) is 0.578. The van der Waals surface area contributed by atoms with Crippen LogP contribution in [0, 0.1) is 0 Å². The molecule has 0 bridgehead atoms. The van der Waals surface area contributed by atoms with Crippen LogP contribution < -0.4 is 4.74 Å². The first kappa shape index (κ1) is 11.8. The van der Waals surface area contributed by atoms with Gasteiger partial charge < -0.3 is 4.74 Å². The third kappa shape index (κ3) is 3.40. The van der Waals surface area contributed by atoms with Gasteiger partial charge in [0.25, 0.3) is 0 Å². The van der Waals surface area contributed by atoms with E-state index in [9.17, 15) is 4.79 Å². The molecule has 0 N–H and O–H groups in total. The molecule has 0 amide bonds. The molecular weight excluding hydrogens is 212 g/mol. The summed E-state index contributed by atoms with van der Waals surface area (Å²) in [5.74, 6) is 0.594. The van der Waals surface area contributed by atoms with Gasteiger partial charge in [0.15, 0.2) is 5.78 Å². The average molecular weight is 225 g/mol. The molecule has 0 radical (unpaired) electrons. The minimum Gasteiger partial charge on any atom is -0.488 e. The van der Waals surface area contributed by atoms with Crippen molar-refractivity contribution in [1.82, 2.24) is 0 Å². The molecule has 0 atom stereocenters. The molecule has 0 aliphatic rings. The van der Waals surface area contributed by atoms with E-state index in [4.69, 9.17) is 16.3 Å². The van der Waals surface area contributed by atoms with Crippen molar-refractivity contribution in [2.45, 2.75) is 13.8 Å². The summed E-state index contributed by atoms with van der Waals surface area (Å²) in [6.45, 7) is 3.91. The second kappa shape index (κ2) is 5.56. The van der Waals surface area contributed by atoms with Gasteiger partial charge in [0.2, 0.25) is 0 Å². The number of allylic oxidation sites excluding steroid dienone is 1. The fourth-order valence-electron chi connectivity index (χ4n) is 1.07. The van der Waals surface area contributed by atoms with Crippen molar-refractivity contribution >= 4 is 17.4 Å². The molecule has 2 nitrogen and oxygen atoms in total. The Balaban J connectivity index is 2.79. The summed E-state index contributed by atoms with van der Waals surface area (Å²) in [4.78, 5) is 11.1. The molecule has 1 rings (SSSR count). The van der Waals surface area contributed by atoms with Gasteiger partial charge in [-0.2, -0.15) is 0 Å². The Labute approximate surface area is 94.5 Å². The molecule has 0 fully saturated rings. The number of hydrogen-bond acceptors (Lipinski definition) is 2. The van der Waals surface area contributed by atoms with Crippen LogP contribution in [0.5, 0.6) is 5.75 Å². The molecule has 0 spiro atoms. The normalized spacial score (nSPS) is 10.6. The Morgan fingerprint density at radius 1 is 1.53 bits per heavy atom. The van der Waals surface area contributed by atoms with Gasteiger partial charge in [0.05, 0.1) is 5.02 Å². The van der Waals surface area contributed by atoms with E-state index in [0.717, 1.165) is 0 Å². The van der Waals surface area contributed by atoms with Crippen molar-refractivity contribution in [3.05, 3.63) is 40.9 Å². The highest BCUT2D eigenvalue weighted by molar-refractivity contribution is 6.32. The molecule has 15 heavy (non-hydrogen) atoms. The summed E-state index contributed by atoms with van der Waals surface area (Å²) >= 11 is 5.95. The summed E-state index contributed by atoms with van der Waals surface area (Å²) in [5.41, 5.74) is 0.596. The van der Waals surface area contributed by atoms with Crippen LogP contribution in [0.15, 0.2) is 30.4 Å². The maximum atomic E-state index is 11.1. The highest BCUT2D eigenvalue weighted by atomic mass is 35.5. The molecule has 0 heterocycles. The third-order valence-corrected chi connectivity index (χ3v) is 2.20. The number of ether oxygens (including phenoxy) is 1. The third-order valence-electron chi connectivity index (χ3n) is 1.91. The fraction of sp³-hybridized carbons (Fsp3) is 0.250. The summed E-state index contributed by atoms with van der Waals surface area (Å²) in [6, 6.07) is 5.04. The zero-order valence-electron chi connectivity index (χ0n) is 8.79. The molecule has 0 saturated carbocycles. The minimum absolute atomic E-state index is 0.00287. The average Bonchev–Trinajstić information content (AvgIpc) is 2.20. The van der Waals surface area contributed by atoms with Crippen LogP contribution in [-0.4, -0.2) is 12.4 Å². The van der Waals surface area contributed by atoms with Crippen molar-refractivity contribution < 1.29 is 9.53 Å². The van der Waals surface area contributed by atoms with Crippen LogP contribution in [0.4, 0.5) is 0 Å². The maximum Gasteiger partial charge on any atom is 0.159 e. The Hall–Kier alpha value is -1.28. The first-order chi connectivity index (χ1) is 7.15. The van der Waals surface area contributed by atoms with Gasteiger partial charge in [-0.05, 0) is 32.0 Å². The second-order valence-corrected chi connectivity index (χ2v) is 3.49. The molecule has 0 saturated heterocycles. The first-order valence-electron chi connectivity index (χ1n) is 4.69. The molecule has 0 aliphatic heterocycles. The maximum absolute atomic E-state index is 11.1. The predicted octanol–water partition coefficient (Wildman–Crippen LogP) is 3.50. The number of rotatable bonds is 4. The molecule has 0 unspecified atom stereocenters. The summed E-state index contributed by atoms with van der Waals surface area (Å²) in [5, 5.41) is 0.465. The van der Waals surface area contributed by atoms with Crippen molar-refractivity contribution in [3.8, 4) is 5.75 Å². The first-order valence-corrected chi connectivity index (χ1v) is 5.07. The second-order valence-electron chi connectivity index (χ2n) is 3.08. The van der Waals surface area contributed by atoms with E-state index >= 15 is 0 Å². The van der Waals surface area contributed by atoms with Crippen LogP contribution >= 0.6 is 11.6 Å². The van der Waals surface area contributed by atoms with Crippen LogP contribution in [0.3, 0.4) is 0 Å². The smallest absolute Gasteiger partial charge is 0.159 e. The number of halogens is 1. The van der Waals surface area contributed by atoms with Crippen LogP contribution in [-0.2, 0) is 0 Å². The van der Waals surface area contributed by atoms with Gasteiger partial charge in [-0.15, -0.1) is 0 Å². The van der Waals surface area contributed by atoms with Crippen LogP contribution in [0.2, 0.25) is 5.02 Å². The number of benzene rings is 1. The SMILES string of the molecule is CC=CCOc1ccc(C(C)=O)cc1Cl. The van der Waals surface area contributed by atoms with Crippen molar-refractivity contribution in [1.29, 1.82) is 0 Å². The lowest BCUT2D eigenvalue weighted by Crippen LogP contribution is -1.96. The van der Waals surface area contributed by atoms with Crippen LogP contribution in [0.1, 0.15) is 24.2 Å². The summed E-state index contributed by atoms with van der Waals surface area (Å²) in [6.07, 6.45) is 3.78. The monoisotopic (exact) mass is 224 g/mol. The van der Waals surface area contributed by atoms with Crippen molar-refractivity contribution in [2.24, 2.45) is 0 Å². The van der Waals surface area contributed by atoms with E-state index in [2.05, 4.69) is 0 Å². The van der Waals surface area contributed by atoms with Crippen molar-refractivity contribution in [2.75, 3.05) is 6.61 Å². The molecular formula is C12H13ClO2. The molecule has 3 heteroatoms. The minimum atomic E-state index is -0.00287. The topological polar surface area (TPSA) is 26.3 Å². The Bertz CT molecular complexity index is 383. The Morgan fingerprint density at radius 2 is 2.27 bits per heavy atom. The number of carbonyl (C=O) groups is 1. The predicted molar refractivity (Wildman–Crippen MR) is 61.8 cm³/mol. The van der Waals surface area contributed by atoms with E-state index < -0.39 is 0 Å². The largest absolute Gasteiger partial charge is 0.488 e. The number of hydrogen-bond donors (Lipinski definition) is 0. The number of ketones is 1. The van der Waals surface area contributed by atoms with E-state index in [1.807, 2.05) is 19.1 Å². The lowest BCUT2D eigenvalue weighted by atomic mass is 10.1.